The van der Waals surface area contributed by atoms with Crippen molar-refractivity contribution in [3.63, 3.8) is 0 Å². The van der Waals surface area contributed by atoms with Crippen molar-refractivity contribution >= 4 is 39.1 Å². The molecule has 3 rings (SSSR count). The lowest BCUT2D eigenvalue weighted by Gasteiger charge is -2.39. The van der Waals surface area contributed by atoms with Crippen LogP contribution in [0.2, 0.25) is 0 Å². The zero-order chi connectivity index (χ0) is 21.3. The van der Waals surface area contributed by atoms with Gasteiger partial charge in [-0.3, -0.25) is 4.79 Å². The normalized spacial score (nSPS) is 20.0. The highest BCUT2D eigenvalue weighted by Crippen LogP contribution is 2.30. The van der Waals surface area contributed by atoms with Gasteiger partial charge >= 0.3 is 6.09 Å². The summed E-state index contributed by atoms with van der Waals surface area (Å²) < 4.78 is 8.09. The van der Waals surface area contributed by atoms with E-state index in [9.17, 15) is 9.59 Å². The zero-order valence-corrected chi connectivity index (χ0v) is 18.8. The molecular weight excluding hydrogens is 438 g/mol. The van der Waals surface area contributed by atoms with Crippen LogP contribution in [-0.2, 0) is 4.74 Å². The molecule has 2 atom stereocenters. The smallest absolute Gasteiger partial charge is 0.410 e. The second-order valence-corrected chi connectivity index (χ2v) is 9.34. The number of ether oxygens (including phenoxy) is 1. The third-order valence-electron chi connectivity index (χ3n) is 5.11. The molecule has 0 aliphatic carbocycles. The standard InChI is InChI=1S/C20H28BrN5O3/c1-5-12-10-25(19(28)29-20(2,3)4)7-6-15(12)24-17-14(18(22)27)9-23-26-11-13(21)8-16(17)26/h8-9,11-12,15,24H,5-7,10H2,1-4H3,(H2,22,27). The fourth-order valence-corrected chi connectivity index (χ4v) is 4.09. The zero-order valence-electron chi connectivity index (χ0n) is 17.2. The van der Waals surface area contributed by atoms with E-state index in [1.54, 1.807) is 9.42 Å². The summed E-state index contributed by atoms with van der Waals surface area (Å²) >= 11 is 3.46. The molecule has 8 nitrogen and oxygen atoms in total. The maximum absolute atomic E-state index is 12.5. The van der Waals surface area contributed by atoms with E-state index >= 15 is 0 Å². The van der Waals surface area contributed by atoms with Crippen LogP contribution in [0.3, 0.4) is 0 Å². The number of anilines is 1. The van der Waals surface area contributed by atoms with E-state index in [1.807, 2.05) is 33.0 Å². The molecule has 2 unspecified atom stereocenters. The van der Waals surface area contributed by atoms with Crippen LogP contribution in [0.15, 0.2) is 22.9 Å². The lowest BCUT2D eigenvalue weighted by atomic mass is 9.89. The molecule has 158 valence electrons. The summed E-state index contributed by atoms with van der Waals surface area (Å²) in [7, 11) is 0. The lowest BCUT2D eigenvalue weighted by molar-refractivity contribution is 0.0153. The van der Waals surface area contributed by atoms with Crippen molar-refractivity contribution in [3.8, 4) is 0 Å². The number of likely N-dealkylation sites (tertiary alicyclic amines) is 1. The molecule has 1 aliphatic heterocycles. The van der Waals surface area contributed by atoms with Gasteiger partial charge in [0, 0.05) is 29.8 Å². The Morgan fingerprint density at radius 1 is 1.41 bits per heavy atom. The van der Waals surface area contributed by atoms with Crippen LogP contribution in [0.4, 0.5) is 10.5 Å². The maximum Gasteiger partial charge on any atom is 0.410 e. The van der Waals surface area contributed by atoms with Gasteiger partial charge in [0.2, 0.25) is 0 Å². The van der Waals surface area contributed by atoms with E-state index in [0.29, 0.717) is 24.3 Å². The summed E-state index contributed by atoms with van der Waals surface area (Å²) in [4.78, 5) is 26.2. The van der Waals surface area contributed by atoms with Gasteiger partial charge in [-0.2, -0.15) is 5.10 Å². The fourth-order valence-electron chi connectivity index (χ4n) is 3.68. The summed E-state index contributed by atoms with van der Waals surface area (Å²) in [5.41, 5.74) is 6.88. The van der Waals surface area contributed by atoms with E-state index in [4.69, 9.17) is 10.5 Å². The van der Waals surface area contributed by atoms with Gasteiger partial charge in [-0.05, 0) is 61.5 Å². The summed E-state index contributed by atoms with van der Waals surface area (Å²) in [6.45, 7) is 8.88. The largest absolute Gasteiger partial charge is 0.444 e. The number of nitrogens with two attached hydrogens (primary N) is 1. The molecule has 2 aromatic rings. The first-order valence-corrected chi connectivity index (χ1v) is 10.6. The van der Waals surface area contributed by atoms with Crippen LogP contribution in [-0.4, -0.2) is 51.2 Å². The Morgan fingerprint density at radius 2 is 2.14 bits per heavy atom. The van der Waals surface area contributed by atoms with E-state index in [1.165, 1.54) is 6.20 Å². The first-order chi connectivity index (χ1) is 13.6. The number of primary amides is 1. The van der Waals surface area contributed by atoms with Crippen LogP contribution >= 0.6 is 15.9 Å². The summed E-state index contributed by atoms with van der Waals surface area (Å²) in [6.07, 6.45) is 4.66. The Bertz CT molecular complexity index is 921. The number of hydrogen-bond donors (Lipinski definition) is 2. The molecule has 2 amide bonds. The Labute approximate surface area is 178 Å². The van der Waals surface area contributed by atoms with Gasteiger partial charge in [-0.25, -0.2) is 9.31 Å². The van der Waals surface area contributed by atoms with E-state index in [2.05, 4.69) is 33.3 Å². The number of halogens is 1. The predicted octanol–water partition coefficient (Wildman–Crippen LogP) is 3.64. The summed E-state index contributed by atoms with van der Waals surface area (Å²) in [5.74, 6) is -0.317. The SMILES string of the molecule is CCC1CN(C(=O)OC(C)(C)C)CCC1Nc1c(C(N)=O)cnn2cc(Br)cc12. The topological polar surface area (TPSA) is 102 Å². The average Bonchev–Trinajstić information content (AvgIpc) is 3.01. The van der Waals surface area contributed by atoms with Crippen LogP contribution in [0.5, 0.6) is 0 Å². The second-order valence-electron chi connectivity index (χ2n) is 8.42. The number of nitrogens with one attached hydrogen (secondary N) is 1. The molecule has 9 heteroatoms. The minimum absolute atomic E-state index is 0.0941. The molecule has 1 aliphatic rings. The quantitative estimate of drug-likeness (QED) is 0.717. The van der Waals surface area contributed by atoms with Crippen LogP contribution in [0.25, 0.3) is 5.52 Å². The van der Waals surface area contributed by atoms with Crippen molar-refractivity contribution < 1.29 is 14.3 Å². The molecule has 0 radical (unpaired) electrons. The Kier molecular flexibility index (Phi) is 6.07. The van der Waals surface area contributed by atoms with Gasteiger partial charge in [-0.1, -0.05) is 6.92 Å². The van der Waals surface area contributed by atoms with E-state index < -0.39 is 11.5 Å². The van der Waals surface area contributed by atoms with Crippen molar-refractivity contribution in [1.29, 1.82) is 0 Å². The van der Waals surface area contributed by atoms with Crippen molar-refractivity contribution in [2.24, 2.45) is 11.7 Å². The molecule has 3 N–H and O–H groups in total. The van der Waals surface area contributed by atoms with Crippen molar-refractivity contribution in [2.75, 3.05) is 18.4 Å². The van der Waals surface area contributed by atoms with Gasteiger partial charge in [0.05, 0.1) is 23.0 Å². The molecule has 1 saturated heterocycles. The molecule has 29 heavy (non-hydrogen) atoms. The lowest BCUT2D eigenvalue weighted by Crippen LogP contribution is -2.49. The highest BCUT2D eigenvalue weighted by molar-refractivity contribution is 9.10. The number of piperidine rings is 1. The molecule has 0 aromatic carbocycles. The van der Waals surface area contributed by atoms with Crippen LogP contribution in [0.1, 0.15) is 50.9 Å². The number of aromatic nitrogens is 2. The third kappa shape index (κ3) is 4.83. The van der Waals surface area contributed by atoms with Gasteiger partial charge < -0.3 is 20.7 Å². The van der Waals surface area contributed by atoms with Crippen molar-refractivity contribution in [2.45, 2.75) is 52.2 Å². The number of rotatable bonds is 4. The first kappa shape index (κ1) is 21.4. The average molecular weight is 466 g/mol. The molecule has 2 aromatic heterocycles. The van der Waals surface area contributed by atoms with Crippen molar-refractivity contribution in [3.05, 3.63) is 28.5 Å². The van der Waals surface area contributed by atoms with Gasteiger partial charge in [-0.15, -0.1) is 0 Å². The number of hydrogen-bond acceptors (Lipinski definition) is 5. The molecule has 0 saturated carbocycles. The molecule has 3 heterocycles. The molecule has 1 fully saturated rings. The predicted molar refractivity (Wildman–Crippen MR) is 115 cm³/mol. The Balaban J connectivity index is 1.83. The van der Waals surface area contributed by atoms with Crippen molar-refractivity contribution in [1.82, 2.24) is 14.5 Å². The molecule has 0 spiro atoms. The highest BCUT2D eigenvalue weighted by atomic mass is 79.9. The number of amides is 2. The minimum atomic E-state index is -0.529. The summed E-state index contributed by atoms with van der Waals surface area (Å²) in [5, 5.41) is 7.80. The Morgan fingerprint density at radius 3 is 2.76 bits per heavy atom. The number of carbonyl (C=O) groups excluding carboxylic acids is 2. The van der Waals surface area contributed by atoms with Crippen LogP contribution in [0, 0.1) is 5.92 Å². The molecular formula is C20H28BrN5O3. The number of fused-ring (bicyclic) bond motifs is 1. The monoisotopic (exact) mass is 465 g/mol. The molecule has 0 bridgehead atoms. The van der Waals surface area contributed by atoms with Crippen LogP contribution < -0.4 is 11.1 Å². The van der Waals surface area contributed by atoms with E-state index in [-0.39, 0.29) is 18.1 Å². The Hall–Kier alpha value is -2.29. The number of nitrogens with zero attached hydrogens (tertiary/aromatic N) is 3. The maximum atomic E-state index is 12.5. The fraction of sp³-hybridized carbons (Fsp3) is 0.550. The highest BCUT2D eigenvalue weighted by Gasteiger charge is 2.33. The minimum Gasteiger partial charge on any atom is -0.444 e. The first-order valence-electron chi connectivity index (χ1n) is 9.80. The van der Waals surface area contributed by atoms with Gasteiger partial charge in [0.25, 0.3) is 5.91 Å². The van der Waals surface area contributed by atoms with E-state index in [0.717, 1.165) is 22.8 Å². The summed E-state index contributed by atoms with van der Waals surface area (Å²) in [6, 6.07) is 2.00. The number of carbonyl (C=O) groups is 2. The second kappa shape index (κ2) is 8.22. The van der Waals surface area contributed by atoms with Gasteiger partial charge in [0.1, 0.15) is 5.60 Å². The van der Waals surface area contributed by atoms with Gasteiger partial charge in [0.15, 0.2) is 0 Å². The third-order valence-corrected chi connectivity index (χ3v) is 5.54.